The van der Waals surface area contributed by atoms with Crippen molar-refractivity contribution in [1.82, 2.24) is 19.9 Å². The van der Waals surface area contributed by atoms with E-state index in [0.29, 0.717) is 53.1 Å². The molecule has 53 heavy (non-hydrogen) atoms. The quantitative estimate of drug-likeness (QED) is 0.111. The third-order valence-electron chi connectivity index (χ3n) is 10.4. The van der Waals surface area contributed by atoms with E-state index in [1.165, 1.54) is 27.4 Å². The maximum Gasteiger partial charge on any atom is 0.334 e. The second kappa shape index (κ2) is 14.2. The molecule has 1 aliphatic carbocycles. The van der Waals surface area contributed by atoms with Crippen LogP contribution in [0.25, 0.3) is 38.8 Å². The second-order valence-corrected chi connectivity index (χ2v) is 13.4. The van der Waals surface area contributed by atoms with E-state index in [4.69, 9.17) is 29.9 Å². The highest BCUT2D eigenvalue weighted by atomic mass is 16.5. The number of nitrogens with zero attached hydrogens (tertiary/aromatic N) is 2. The molecule has 0 fully saturated rings. The van der Waals surface area contributed by atoms with Crippen LogP contribution in [0.4, 0.5) is 0 Å². The van der Waals surface area contributed by atoms with Gasteiger partial charge in [0.2, 0.25) is 0 Å². The average Bonchev–Trinajstić information content (AvgIpc) is 3.79. The van der Waals surface area contributed by atoms with Crippen LogP contribution in [0.15, 0.2) is 67.0 Å². The van der Waals surface area contributed by atoms with Crippen molar-refractivity contribution >= 4 is 56.7 Å². The van der Waals surface area contributed by atoms with Crippen LogP contribution in [0.3, 0.4) is 0 Å². The molecule has 2 atom stereocenters. The summed E-state index contributed by atoms with van der Waals surface area (Å²) in [6, 6.07) is 7.54. The number of methoxy groups -OCH3 is 3. The largest absolute Gasteiger partial charge is 0.513 e. The zero-order chi connectivity index (χ0) is 38.4. The number of ether oxygens (including phenoxy) is 3. The lowest BCUT2D eigenvalue weighted by atomic mass is 9.70. The molecule has 0 aromatic carbocycles. The van der Waals surface area contributed by atoms with Crippen LogP contribution in [0.1, 0.15) is 64.8 Å². The van der Waals surface area contributed by atoms with E-state index in [1.807, 2.05) is 39.0 Å². The Hall–Kier alpha value is -6.01. The molecule has 3 aromatic heterocycles. The lowest BCUT2D eigenvalue weighted by Crippen LogP contribution is -2.50. The number of hydrogen-bond acceptors (Lipinski definition) is 10. The van der Waals surface area contributed by atoms with Crippen LogP contribution < -0.4 is 5.73 Å². The molecule has 0 radical (unpaired) electrons. The first-order chi connectivity index (χ1) is 25.3. The van der Waals surface area contributed by atoms with E-state index >= 15 is 0 Å². The van der Waals surface area contributed by atoms with Gasteiger partial charge in [0.05, 0.1) is 55.4 Å². The standard InChI is InChI=1S/C41H43N5O7/c1-9-24-21(3)30-17-35-28-14-12-27(39(49)52-7)38(40(50)53-8)41(28,42)36(46-35)19-31-23(5)26(13-15-37(48)51-6)34(45-31)18-33-25(11-10-20(2)47)22(4)29(44-33)16-32(24)43-30/h9,12,14,16-19,38,44-45,47H,1-2,10-11,13,15,42H2,3-8H3/t38-,41-/m0/s1. The average molecular weight is 718 g/mol. The van der Waals surface area contributed by atoms with Gasteiger partial charge in [0.25, 0.3) is 0 Å². The fourth-order valence-corrected chi connectivity index (χ4v) is 7.46. The summed E-state index contributed by atoms with van der Waals surface area (Å²) in [5, 5.41) is 10.0. The zero-order valence-corrected chi connectivity index (χ0v) is 30.7. The van der Waals surface area contributed by atoms with Gasteiger partial charge in [-0.1, -0.05) is 31.4 Å². The Morgan fingerprint density at radius 2 is 1.49 bits per heavy atom. The minimum absolute atomic E-state index is 0.0269. The molecule has 0 saturated carbocycles. The van der Waals surface area contributed by atoms with Crippen molar-refractivity contribution < 1.29 is 33.7 Å². The summed E-state index contributed by atoms with van der Waals surface area (Å²) in [5.41, 5.74) is 16.5. The van der Waals surface area contributed by atoms with Crippen molar-refractivity contribution in [1.29, 1.82) is 0 Å². The summed E-state index contributed by atoms with van der Waals surface area (Å²) in [7, 11) is 3.82. The second-order valence-electron chi connectivity index (χ2n) is 13.4. The number of rotatable bonds is 9. The summed E-state index contributed by atoms with van der Waals surface area (Å²) in [4.78, 5) is 56.3. The van der Waals surface area contributed by atoms with Crippen molar-refractivity contribution in [3.8, 4) is 0 Å². The zero-order valence-electron chi connectivity index (χ0n) is 30.7. The van der Waals surface area contributed by atoms with E-state index < -0.39 is 23.4 Å². The topological polar surface area (TPSA) is 183 Å². The number of aliphatic hydroxyl groups is 1. The monoisotopic (exact) mass is 717 g/mol. The van der Waals surface area contributed by atoms with Crippen molar-refractivity contribution in [2.24, 2.45) is 11.7 Å². The highest BCUT2D eigenvalue weighted by Crippen LogP contribution is 2.49. The molecule has 0 saturated heterocycles. The van der Waals surface area contributed by atoms with Crippen molar-refractivity contribution in [3.05, 3.63) is 112 Å². The van der Waals surface area contributed by atoms with Crippen LogP contribution in [0.5, 0.6) is 0 Å². The van der Waals surface area contributed by atoms with E-state index in [1.54, 1.807) is 18.2 Å². The Morgan fingerprint density at radius 3 is 2.08 bits per heavy atom. The van der Waals surface area contributed by atoms with E-state index in [-0.39, 0.29) is 23.7 Å². The Kier molecular flexibility index (Phi) is 9.85. The van der Waals surface area contributed by atoms with Gasteiger partial charge < -0.3 is 35.0 Å². The number of aromatic amines is 2. The molecule has 12 nitrogen and oxygen atoms in total. The first kappa shape index (κ1) is 36.8. The molecular formula is C41H43N5O7. The highest BCUT2D eigenvalue weighted by molar-refractivity contribution is 6.02. The molecule has 0 unspecified atom stereocenters. The molecule has 0 spiro atoms. The number of aryl methyl sites for hydroxylation is 4. The van der Waals surface area contributed by atoms with Gasteiger partial charge >= 0.3 is 17.9 Å². The summed E-state index contributed by atoms with van der Waals surface area (Å²) >= 11 is 0. The fraction of sp³-hybridized carbons (Fsp3) is 0.293. The van der Waals surface area contributed by atoms with Crippen LogP contribution >= 0.6 is 0 Å². The SMILES string of the molecule is C=CC1=C(C)c2cc3nc(cc4[nH]c(cc5[nH]c(cc1n2)c(C)c5CCC(=C)O)c(CCC(=O)OC)c4C)[C@@]1(N)C3=CC=C(C(=O)OC)[C@H]1C(=O)OC. The Labute approximate surface area is 306 Å². The predicted molar refractivity (Wildman–Crippen MR) is 203 cm³/mol. The number of fused-ring (bicyclic) bond motifs is 11. The summed E-state index contributed by atoms with van der Waals surface area (Å²) < 4.78 is 15.3. The molecular weight excluding hydrogens is 674 g/mol. The maximum absolute atomic E-state index is 13.6. The first-order valence-electron chi connectivity index (χ1n) is 17.2. The van der Waals surface area contributed by atoms with Crippen molar-refractivity contribution in [2.75, 3.05) is 21.3 Å². The number of nitrogens with one attached hydrogen (secondary N) is 2. The minimum Gasteiger partial charge on any atom is -0.513 e. The summed E-state index contributed by atoms with van der Waals surface area (Å²) in [5.74, 6) is -3.04. The van der Waals surface area contributed by atoms with Crippen LogP contribution in [-0.2, 0) is 47.0 Å². The predicted octanol–water partition coefficient (Wildman–Crippen LogP) is 6.30. The highest BCUT2D eigenvalue weighted by Gasteiger charge is 2.54. The molecule has 2 aliphatic heterocycles. The summed E-state index contributed by atoms with van der Waals surface area (Å²) in [6.07, 6.45) is 6.32. The number of allylic oxidation sites excluding steroid dienone is 6. The van der Waals surface area contributed by atoms with E-state index in [2.05, 4.69) is 23.1 Å². The van der Waals surface area contributed by atoms with Gasteiger partial charge in [0, 0.05) is 46.1 Å². The van der Waals surface area contributed by atoms with Gasteiger partial charge in [-0.15, -0.1) is 0 Å². The normalized spacial score (nSPS) is 17.8. The minimum atomic E-state index is -1.65. The van der Waals surface area contributed by atoms with Gasteiger partial charge in [0.1, 0.15) is 11.5 Å². The number of hydrogen-bond donors (Lipinski definition) is 4. The fourth-order valence-electron chi connectivity index (χ4n) is 7.46. The van der Waals surface area contributed by atoms with E-state index in [0.717, 1.165) is 50.0 Å². The number of carbonyl (C=O) groups is 3. The van der Waals surface area contributed by atoms with Crippen molar-refractivity contribution in [3.63, 3.8) is 0 Å². The lowest BCUT2D eigenvalue weighted by molar-refractivity contribution is -0.149. The maximum atomic E-state index is 13.6. The lowest BCUT2D eigenvalue weighted by Gasteiger charge is -2.36. The molecule has 6 rings (SSSR count). The molecule has 5 N–H and O–H groups in total. The molecule has 0 amide bonds. The van der Waals surface area contributed by atoms with Crippen LogP contribution in [0.2, 0.25) is 0 Å². The van der Waals surface area contributed by atoms with Gasteiger partial charge in [0.15, 0.2) is 0 Å². The summed E-state index contributed by atoms with van der Waals surface area (Å²) in [6.45, 7) is 13.7. The van der Waals surface area contributed by atoms with Gasteiger partial charge in [-0.3, -0.25) is 14.6 Å². The third-order valence-corrected chi connectivity index (χ3v) is 10.4. The molecule has 5 heterocycles. The molecule has 274 valence electrons. The van der Waals surface area contributed by atoms with Gasteiger partial charge in [-0.2, -0.15) is 0 Å². The molecule has 12 heteroatoms. The number of esters is 3. The Bertz CT molecular complexity index is 2370. The number of aromatic nitrogens is 4. The number of nitrogens with two attached hydrogens (primary N) is 1. The third kappa shape index (κ3) is 6.29. The van der Waals surface area contributed by atoms with Crippen molar-refractivity contribution in [2.45, 2.75) is 52.0 Å². The molecule has 3 aromatic rings. The number of aliphatic hydroxyl groups excluding tert-OH is 1. The van der Waals surface area contributed by atoms with Crippen LogP contribution in [-0.4, -0.2) is 64.3 Å². The molecule has 8 bridgehead atoms. The van der Waals surface area contributed by atoms with Gasteiger partial charge in [-0.25, -0.2) is 9.78 Å². The Morgan fingerprint density at radius 1 is 0.849 bits per heavy atom. The van der Waals surface area contributed by atoms with Gasteiger partial charge in [-0.05, 0) is 85.7 Å². The Balaban J connectivity index is 1.78. The molecule has 3 aliphatic rings. The smallest absolute Gasteiger partial charge is 0.334 e. The first-order valence-corrected chi connectivity index (χ1v) is 17.2. The van der Waals surface area contributed by atoms with Crippen LogP contribution in [0, 0.1) is 19.8 Å². The number of carbonyl (C=O) groups excluding carboxylic acids is 3. The van der Waals surface area contributed by atoms with E-state index in [9.17, 15) is 19.5 Å². The number of H-pyrrole nitrogens is 2.